The van der Waals surface area contributed by atoms with Gasteiger partial charge in [-0.3, -0.25) is 0 Å². The molecule has 0 saturated carbocycles. The van der Waals surface area contributed by atoms with E-state index in [4.69, 9.17) is 5.73 Å². The fraction of sp³-hybridized carbons (Fsp3) is 1.00. The Labute approximate surface area is 103 Å². The lowest BCUT2D eigenvalue weighted by Gasteiger charge is -2.09. The van der Waals surface area contributed by atoms with E-state index in [1.807, 2.05) is 0 Å². The number of hydrogen-bond donors (Lipinski definition) is 1. The monoisotopic (exact) mass is 227 g/mol. The molecule has 2 N–H and O–H groups in total. The Kier molecular flexibility index (Phi) is 13.0. The third-order valence-corrected chi connectivity index (χ3v) is 3.45. The van der Waals surface area contributed by atoms with E-state index in [0.29, 0.717) is 0 Å². The van der Waals surface area contributed by atoms with Crippen LogP contribution in [0.1, 0.15) is 84.5 Å². The standard InChI is InChI=1S/C15H33N/c1-3-4-5-6-7-8-9-10-12-15(2)13-11-14-16/h15H,3-14,16H2,1-2H3. The van der Waals surface area contributed by atoms with Crippen molar-refractivity contribution in [3.63, 3.8) is 0 Å². The molecule has 1 nitrogen and oxygen atoms in total. The number of nitrogens with two attached hydrogens (primary N) is 1. The molecule has 0 aromatic rings. The van der Waals surface area contributed by atoms with Gasteiger partial charge < -0.3 is 5.73 Å². The second kappa shape index (κ2) is 13.0. The van der Waals surface area contributed by atoms with Gasteiger partial charge in [0.05, 0.1) is 0 Å². The van der Waals surface area contributed by atoms with Crippen LogP contribution in [0, 0.1) is 5.92 Å². The maximum Gasteiger partial charge on any atom is -0.00772 e. The first-order valence-corrected chi connectivity index (χ1v) is 7.51. The van der Waals surface area contributed by atoms with Crippen molar-refractivity contribution < 1.29 is 0 Å². The molecule has 0 bridgehead atoms. The molecular weight excluding hydrogens is 194 g/mol. The van der Waals surface area contributed by atoms with E-state index in [2.05, 4.69) is 13.8 Å². The predicted octanol–water partition coefficient (Wildman–Crippen LogP) is 4.89. The van der Waals surface area contributed by atoms with Crippen LogP contribution in [0.5, 0.6) is 0 Å². The van der Waals surface area contributed by atoms with Crippen molar-refractivity contribution in [2.24, 2.45) is 11.7 Å². The molecule has 98 valence electrons. The highest BCUT2D eigenvalue weighted by Gasteiger charge is 2.00. The zero-order valence-electron chi connectivity index (χ0n) is 11.6. The van der Waals surface area contributed by atoms with Crippen LogP contribution in [-0.4, -0.2) is 6.54 Å². The molecule has 0 aromatic carbocycles. The Morgan fingerprint density at radius 2 is 1.25 bits per heavy atom. The normalized spacial score (nSPS) is 12.9. The Morgan fingerprint density at radius 1 is 0.750 bits per heavy atom. The molecule has 0 fully saturated rings. The molecule has 0 saturated heterocycles. The molecule has 0 aliphatic carbocycles. The first-order chi connectivity index (χ1) is 7.81. The Balaban J connectivity index is 3.02. The maximum absolute atomic E-state index is 5.51. The van der Waals surface area contributed by atoms with E-state index < -0.39 is 0 Å². The summed E-state index contributed by atoms with van der Waals surface area (Å²) in [6, 6.07) is 0. The van der Waals surface area contributed by atoms with Crippen LogP contribution < -0.4 is 5.73 Å². The van der Waals surface area contributed by atoms with E-state index >= 15 is 0 Å². The quantitative estimate of drug-likeness (QED) is 0.472. The minimum absolute atomic E-state index is 0.863. The van der Waals surface area contributed by atoms with Crippen molar-refractivity contribution in [2.75, 3.05) is 6.54 Å². The summed E-state index contributed by atoms with van der Waals surface area (Å²) in [4.78, 5) is 0. The molecule has 1 atom stereocenters. The van der Waals surface area contributed by atoms with Gasteiger partial charge in [0, 0.05) is 0 Å². The molecule has 1 heteroatoms. The summed E-state index contributed by atoms with van der Waals surface area (Å²) in [6.07, 6.45) is 15.4. The van der Waals surface area contributed by atoms with Crippen molar-refractivity contribution in [3.8, 4) is 0 Å². The van der Waals surface area contributed by atoms with Crippen LogP contribution in [0.3, 0.4) is 0 Å². The highest BCUT2D eigenvalue weighted by molar-refractivity contribution is 4.55. The average molecular weight is 227 g/mol. The Morgan fingerprint density at radius 3 is 1.81 bits per heavy atom. The molecular formula is C15H33N. The first-order valence-electron chi connectivity index (χ1n) is 7.51. The molecule has 0 heterocycles. The van der Waals surface area contributed by atoms with E-state index in [-0.39, 0.29) is 0 Å². The summed E-state index contributed by atoms with van der Waals surface area (Å²) in [7, 11) is 0. The molecule has 1 unspecified atom stereocenters. The first kappa shape index (κ1) is 16.0. The molecule has 0 aliphatic rings. The van der Waals surface area contributed by atoms with Gasteiger partial charge in [-0.1, -0.05) is 71.6 Å². The lowest BCUT2D eigenvalue weighted by Crippen LogP contribution is -2.02. The number of hydrogen-bond acceptors (Lipinski definition) is 1. The summed E-state index contributed by atoms with van der Waals surface area (Å²) in [6.45, 7) is 5.52. The van der Waals surface area contributed by atoms with Crippen LogP contribution >= 0.6 is 0 Å². The van der Waals surface area contributed by atoms with Crippen LogP contribution in [0.15, 0.2) is 0 Å². The zero-order valence-corrected chi connectivity index (χ0v) is 11.6. The second-order valence-corrected chi connectivity index (χ2v) is 5.30. The maximum atomic E-state index is 5.51. The summed E-state index contributed by atoms with van der Waals surface area (Å²) in [5.74, 6) is 0.892. The summed E-state index contributed by atoms with van der Waals surface area (Å²) in [5.41, 5.74) is 5.51. The van der Waals surface area contributed by atoms with Gasteiger partial charge in [0.1, 0.15) is 0 Å². The van der Waals surface area contributed by atoms with Crippen molar-refractivity contribution in [1.29, 1.82) is 0 Å². The van der Waals surface area contributed by atoms with E-state index in [1.54, 1.807) is 0 Å². The van der Waals surface area contributed by atoms with Crippen LogP contribution in [-0.2, 0) is 0 Å². The summed E-state index contributed by atoms with van der Waals surface area (Å²) < 4.78 is 0. The fourth-order valence-electron chi connectivity index (χ4n) is 2.24. The molecule has 16 heavy (non-hydrogen) atoms. The molecule has 0 spiro atoms. The lowest BCUT2D eigenvalue weighted by atomic mass is 9.97. The molecule has 0 rings (SSSR count). The van der Waals surface area contributed by atoms with Gasteiger partial charge in [0.15, 0.2) is 0 Å². The predicted molar refractivity (Wildman–Crippen MR) is 74.7 cm³/mol. The van der Waals surface area contributed by atoms with Crippen molar-refractivity contribution in [3.05, 3.63) is 0 Å². The highest BCUT2D eigenvalue weighted by atomic mass is 14.5. The number of rotatable bonds is 12. The zero-order chi connectivity index (χ0) is 12.1. The molecule has 0 amide bonds. The third kappa shape index (κ3) is 12.0. The number of unbranched alkanes of at least 4 members (excludes halogenated alkanes) is 7. The van der Waals surface area contributed by atoms with E-state index in [9.17, 15) is 0 Å². The van der Waals surface area contributed by atoms with Gasteiger partial charge in [-0.15, -0.1) is 0 Å². The van der Waals surface area contributed by atoms with Gasteiger partial charge in [0.2, 0.25) is 0 Å². The Bertz CT molecular complexity index is 123. The smallest absolute Gasteiger partial charge is 0.00772 e. The average Bonchev–Trinajstić information content (AvgIpc) is 2.30. The van der Waals surface area contributed by atoms with Crippen LogP contribution in [0.2, 0.25) is 0 Å². The Hall–Kier alpha value is -0.0400. The summed E-state index contributed by atoms with van der Waals surface area (Å²) >= 11 is 0. The fourth-order valence-corrected chi connectivity index (χ4v) is 2.24. The van der Waals surface area contributed by atoms with Gasteiger partial charge in [-0.2, -0.15) is 0 Å². The highest BCUT2D eigenvalue weighted by Crippen LogP contribution is 2.16. The third-order valence-electron chi connectivity index (χ3n) is 3.45. The van der Waals surface area contributed by atoms with Crippen molar-refractivity contribution >= 4 is 0 Å². The largest absolute Gasteiger partial charge is 0.330 e. The second-order valence-electron chi connectivity index (χ2n) is 5.30. The SMILES string of the molecule is CCCCCCCCCCC(C)CCCN. The topological polar surface area (TPSA) is 26.0 Å². The van der Waals surface area contributed by atoms with Crippen LogP contribution in [0.25, 0.3) is 0 Å². The summed E-state index contributed by atoms with van der Waals surface area (Å²) in [5, 5.41) is 0. The van der Waals surface area contributed by atoms with E-state index in [1.165, 1.54) is 70.6 Å². The van der Waals surface area contributed by atoms with Gasteiger partial charge >= 0.3 is 0 Å². The molecule has 0 aliphatic heterocycles. The van der Waals surface area contributed by atoms with Crippen LogP contribution in [0.4, 0.5) is 0 Å². The van der Waals surface area contributed by atoms with Gasteiger partial charge in [-0.25, -0.2) is 0 Å². The minimum Gasteiger partial charge on any atom is -0.330 e. The van der Waals surface area contributed by atoms with Gasteiger partial charge in [-0.05, 0) is 25.3 Å². The minimum atomic E-state index is 0.863. The van der Waals surface area contributed by atoms with Crippen molar-refractivity contribution in [1.82, 2.24) is 0 Å². The van der Waals surface area contributed by atoms with Crippen molar-refractivity contribution in [2.45, 2.75) is 84.5 Å². The molecule has 0 aromatic heterocycles. The van der Waals surface area contributed by atoms with Gasteiger partial charge in [0.25, 0.3) is 0 Å². The van der Waals surface area contributed by atoms with E-state index in [0.717, 1.165) is 12.5 Å². The lowest BCUT2D eigenvalue weighted by molar-refractivity contribution is 0.445. The molecule has 0 radical (unpaired) electrons.